The Balaban J connectivity index is 1.22. The van der Waals surface area contributed by atoms with Gasteiger partial charge in [-0.3, -0.25) is 19.3 Å². The Hall–Kier alpha value is -2.46. The highest BCUT2D eigenvalue weighted by Gasteiger charge is 2.34. The molecule has 31 heavy (non-hydrogen) atoms. The Morgan fingerprint density at radius 1 is 1.13 bits per heavy atom. The molecule has 2 aliphatic rings. The fourth-order valence-corrected chi connectivity index (χ4v) is 5.47. The van der Waals surface area contributed by atoms with E-state index in [0.717, 1.165) is 18.5 Å². The number of hydrogen-bond acceptors (Lipinski definition) is 7. The average molecular weight is 460 g/mol. The number of carbonyl (C=O) groups is 3. The first-order valence-corrected chi connectivity index (χ1v) is 12.2. The summed E-state index contributed by atoms with van der Waals surface area (Å²) in [7, 11) is 0. The third-order valence-corrected chi connectivity index (χ3v) is 7.47. The lowest BCUT2D eigenvalue weighted by Crippen LogP contribution is -2.42. The van der Waals surface area contributed by atoms with Gasteiger partial charge < -0.3 is 10.2 Å². The van der Waals surface area contributed by atoms with Crippen molar-refractivity contribution in [2.75, 3.05) is 29.1 Å². The van der Waals surface area contributed by atoms with Gasteiger partial charge in [0, 0.05) is 37.7 Å². The van der Waals surface area contributed by atoms with Gasteiger partial charge in [0.05, 0.1) is 5.75 Å². The minimum atomic E-state index is -0.0809. The maximum absolute atomic E-state index is 12.6. The standard InChI is InChI=1S/C21H25N5O3S2/c1-14(27)26(17-7-8-17)20-23-24-21(31-20)30-13-18(28)25-11-9-15(10-12-25)19(29)22-16-5-3-2-4-6-16/h2-6,15,17H,7-13H2,1H3,(H,22,29). The molecule has 8 nitrogen and oxygen atoms in total. The predicted molar refractivity (Wildman–Crippen MR) is 121 cm³/mol. The maximum Gasteiger partial charge on any atom is 0.233 e. The molecule has 2 heterocycles. The number of rotatable bonds is 7. The number of para-hydroxylation sites is 1. The fraction of sp³-hybridized carbons (Fsp3) is 0.476. The molecule has 2 fully saturated rings. The molecular weight excluding hydrogens is 434 g/mol. The summed E-state index contributed by atoms with van der Waals surface area (Å²) in [6.45, 7) is 2.70. The second kappa shape index (κ2) is 9.78. The summed E-state index contributed by atoms with van der Waals surface area (Å²) >= 11 is 2.70. The highest BCUT2D eigenvalue weighted by molar-refractivity contribution is 8.01. The van der Waals surface area contributed by atoms with Gasteiger partial charge in [-0.1, -0.05) is 41.3 Å². The summed E-state index contributed by atoms with van der Waals surface area (Å²) in [6.07, 6.45) is 3.32. The summed E-state index contributed by atoms with van der Waals surface area (Å²) in [4.78, 5) is 40.4. The van der Waals surface area contributed by atoms with Crippen molar-refractivity contribution in [1.29, 1.82) is 0 Å². The van der Waals surface area contributed by atoms with Crippen LogP contribution in [-0.4, -0.2) is 57.7 Å². The van der Waals surface area contributed by atoms with Crippen LogP contribution in [0.2, 0.25) is 0 Å². The van der Waals surface area contributed by atoms with E-state index in [1.807, 2.05) is 35.2 Å². The summed E-state index contributed by atoms with van der Waals surface area (Å²) in [5, 5.41) is 11.8. The average Bonchev–Trinajstić information content (AvgIpc) is 3.49. The van der Waals surface area contributed by atoms with Crippen LogP contribution in [-0.2, 0) is 14.4 Å². The number of aromatic nitrogens is 2. The summed E-state index contributed by atoms with van der Waals surface area (Å²) in [5.74, 6) is 0.223. The van der Waals surface area contributed by atoms with Crippen LogP contribution in [0.5, 0.6) is 0 Å². The van der Waals surface area contributed by atoms with Crippen LogP contribution < -0.4 is 10.2 Å². The number of thioether (sulfide) groups is 1. The largest absolute Gasteiger partial charge is 0.342 e. The lowest BCUT2D eigenvalue weighted by molar-refractivity contribution is -0.132. The Morgan fingerprint density at radius 2 is 1.84 bits per heavy atom. The zero-order valence-electron chi connectivity index (χ0n) is 17.3. The van der Waals surface area contributed by atoms with Crippen molar-refractivity contribution in [2.45, 2.75) is 43.0 Å². The van der Waals surface area contributed by atoms with E-state index >= 15 is 0 Å². The van der Waals surface area contributed by atoms with Crippen molar-refractivity contribution < 1.29 is 14.4 Å². The van der Waals surface area contributed by atoms with E-state index in [1.165, 1.54) is 23.1 Å². The van der Waals surface area contributed by atoms with E-state index in [2.05, 4.69) is 15.5 Å². The first-order chi connectivity index (χ1) is 15.0. The highest BCUT2D eigenvalue weighted by atomic mass is 32.2. The molecular formula is C21H25N5O3S2. The third kappa shape index (κ3) is 5.62. The monoisotopic (exact) mass is 459 g/mol. The number of anilines is 2. The van der Waals surface area contributed by atoms with Crippen LogP contribution in [0.3, 0.4) is 0 Å². The molecule has 0 unspecified atom stereocenters. The van der Waals surface area contributed by atoms with Gasteiger partial charge in [0.2, 0.25) is 22.9 Å². The van der Waals surface area contributed by atoms with E-state index in [9.17, 15) is 14.4 Å². The van der Waals surface area contributed by atoms with Crippen molar-refractivity contribution in [3.8, 4) is 0 Å². The number of hydrogen-bond donors (Lipinski definition) is 1. The summed E-state index contributed by atoms with van der Waals surface area (Å²) < 4.78 is 0.687. The number of carbonyl (C=O) groups excluding carboxylic acids is 3. The number of nitrogens with zero attached hydrogens (tertiary/aromatic N) is 4. The van der Waals surface area contributed by atoms with Gasteiger partial charge >= 0.3 is 0 Å². The molecule has 1 aliphatic heterocycles. The van der Waals surface area contributed by atoms with Crippen LogP contribution in [0.15, 0.2) is 34.7 Å². The van der Waals surface area contributed by atoms with E-state index in [0.29, 0.717) is 35.4 Å². The van der Waals surface area contributed by atoms with E-state index in [4.69, 9.17) is 0 Å². The molecule has 10 heteroatoms. The van der Waals surface area contributed by atoms with E-state index in [-0.39, 0.29) is 35.4 Å². The Morgan fingerprint density at radius 3 is 2.48 bits per heavy atom. The van der Waals surface area contributed by atoms with Crippen molar-refractivity contribution in [3.63, 3.8) is 0 Å². The first kappa shape index (κ1) is 21.8. The van der Waals surface area contributed by atoms with Crippen LogP contribution in [0.1, 0.15) is 32.6 Å². The number of amides is 3. The minimum absolute atomic E-state index is 0.0137. The normalized spacial score (nSPS) is 16.7. The van der Waals surface area contributed by atoms with E-state index in [1.54, 1.807) is 11.8 Å². The molecule has 1 aromatic heterocycles. The number of piperidine rings is 1. The first-order valence-electron chi connectivity index (χ1n) is 10.4. The Labute approximate surface area is 189 Å². The van der Waals surface area contributed by atoms with Crippen molar-refractivity contribution in [3.05, 3.63) is 30.3 Å². The molecule has 0 spiro atoms. The van der Waals surface area contributed by atoms with Gasteiger partial charge in [-0.15, -0.1) is 10.2 Å². The number of likely N-dealkylation sites (tertiary alicyclic amines) is 1. The summed E-state index contributed by atoms with van der Waals surface area (Å²) in [5.41, 5.74) is 0.795. The quantitative estimate of drug-likeness (QED) is 0.505. The molecule has 1 saturated heterocycles. The van der Waals surface area contributed by atoms with Gasteiger partial charge in [-0.2, -0.15) is 0 Å². The molecule has 0 atom stereocenters. The highest BCUT2D eigenvalue weighted by Crippen LogP contribution is 2.35. The lowest BCUT2D eigenvalue weighted by atomic mass is 9.96. The van der Waals surface area contributed by atoms with Crippen LogP contribution >= 0.6 is 23.1 Å². The zero-order valence-corrected chi connectivity index (χ0v) is 19.0. The molecule has 1 aliphatic carbocycles. The minimum Gasteiger partial charge on any atom is -0.342 e. The van der Waals surface area contributed by atoms with E-state index < -0.39 is 0 Å². The predicted octanol–water partition coefficient (Wildman–Crippen LogP) is 3.02. The molecule has 4 rings (SSSR count). The van der Waals surface area contributed by atoms with Crippen LogP contribution in [0.25, 0.3) is 0 Å². The maximum atomic E-state index is 12.6. The van der Waals surface area contributed by atoms with Gasteiger partial charge in [0.15, 0.2) is 4.34 Å². The zero-order chi connectivity index (χ0) is 21.8. The smallest absolute Gasteiger partial charge is 0.233 e. The third-order valence-electron chi connectivity index (χ3n) is 5.43. The second-order valence-corrected chi connectivity index (χ2v) is 9.95. The second-order valence-electron chi connectivity index (χ2n) is 7.77. The molecule has 0 radical (unpaired) electrons. The van der Waals surface area contributed by atoms with Crippen LogP contribution in [0, 0.1) is 5.92 Å². The Kier molecular flexibility index (Phi) is 6.86. The van der Waals surface area contributed by atoms with Crippen molar-refractivity contribution in [1.82, 2.24) is 15.1 Å². The molecule has 2 aromatic rings. The lowest BCUT2D eigenvalue weighted by Gasteiger charge is -2.31. The molecule has 3 amide bonds. The fourth-order valence-electron chi connectivity index (χ4n) is 3.61. The SMILES string of the molecule is CC(=O)N(c1nnc(SCC(=O)N2CCC(C(=O)Nc3ccccc3)CC2)s1)C1CC1. The van der Waals surface area contributed by atoms with Gasteiger partial charge in [0.25, 0.3) is 0 Å². The molecule has 1 N–H and O–H groups in total. The molecule has 164 valence electrons. The molecule has 0 bridgehead atoms. The molecule has 1 saturated carbocycles. The van der Waals surface area contributed by atoms with Crippen LogP contribution in [0.4, 0.5) is 10.8 Å². The summed E-state index contributed by atoms with van der Waals surface area (Å²) in [6, 6.07) is 9.66. The van der Waals surface area contributed by atoms with Gasteiger partial charge in [-0.05, 0) is 37.8 Å². The topological polar surface area (TPSA) is 95.5 Å². The Bertz CT molecular complexity index is 940. The van der Waals surface area contributed by atoms with Gasteiger partial charge in [-0.25, -0.2) is 0 Å². The number of nitrogens with one attached hydrogen (secondary N) is 1. The van der Waals surface area contributed by atoms with Crippen molar-refractivity contribution in [2.24, 2.45) is 5.92 Å². The molecule has 1 aromatic carbocycles. The van der Waals surface area contributed by atoms with Gasteiger partial charge in [0.1, 0.15) is 0 Å². The van der Waals surface area contributed by atoms with Crippen molar-refractivity contribution >= 4 is 51.6 Å². The number of benzene rings is 1.